The summed E-state index contributed by atoms with van der Waals surface area (Å²) in [6.45, 7) is 4.74. The van der Waals surface area contributed by atoms with Gasteiger partial charge in [-0.25, -0.2) is 0 Å². The van der Waals surface area contributed by atoms with E-state index in [4.69, 9.17) is 9.26 Å². The number of aryl methyl sites for hydroxylation is 1. The lowest BCUT2D eigenvalue weighted by Gasteiger charge is -2.14. The van der Waals surface area contributed by atoms with Crippen LogP contribution in [0.1, 0.15) is 25.6 Å². The normalized spacial score (nSPS) is 22.1. The van der Waals surface area contributed by atoms with Gasteiger partial charge in [0.05, 0.1) is 17.8 Å². The molecule has 2 unspecified atom stereocenters. The van der Waals surface area contributed by atoms with Crippen LogP contribution >= 0.6 is 0 Å². The third-order valence-electron chi connectivity index (χ3n) is 3.53. The molecule has 1 saturated heterocycles. The average Bonchev–Trinajstić information content (AvgIpc) is 3.06. The maximum Gasteiger partial charge on any atom is 0.260 e. The van der Waals surface area contributed by atoms with E-state index in [1.54, 1.807) is 0 Å². The van der Waals surface area contributed by atoms with Crippen molar-refractivity contribution in [3.05, 3.63) is 30.1 Å². The predicted octanol–water partition coefficient (Wildman–Crippen LogP) is 3.02. The first-order chi connectivity index (χ1) is 9.72. The Labute approximate surface area is 118 Å². The molecular formula is C15H19N3O2. The fraction of sp³-hybridized carbons (Fsp3) is 0.467. The molecule has 2 aromatic rings. The molecule has 0 saturated carbocycles. The fourth-order valence-electron chi connectivity index (χ4n) is 2.49. The molecule has 20 heavy (non-hydrogen) atoms. The second kappa shape index (κ2) is 5.63. The monoisotopic (exact) mass is 273 g/mol. The van der Waals surface area contributed by atoms with Crippen molar-refractivity contribution in [1.29, 1.82) is 0 Å². The van der Waals surface area contributed by atoms with Gasteiger partial charge in [0.1, 0.15) is 0 Å². The zero-order valence-corrected chi connectivity index (χ0v) is 11.8. The predicted molar refractivity (Wildman–Crippen MR) is 76.5 cm³/mol. The molecule has 1 aliphatic rings. The largest absolute Gasteiger partial charge is 0.382 e. The number of benzene rings is 1. The van der Waals surface area contributed by atoms with Crippen molar-refractivity contribution in [1.82, 2.24) is 10.1 Å². The van der Waals surface area contributed by atoms with Gasteiger partial charge >= 0.3 is 0 Å². The lowest BCUT2D eigenvalue weighted by molar-refractivity contribution is 0.0637. The van der Waals surface area contributed by atoms with Gasteiger partial charge in [-0.05, 0) is 38.8 Å². The molecule has 5 heteroatoms. The Morgan fingerprint density at radius 3 is 2.85 bits per heavy atom. The van der Waals surface area contributed by atoms with Gasteiger partial charge in [-0.2, -0.15) is 4.98 Å². The van der Waals surface area contributed by atoms with Crippen LogP contribution in [0.3, 0.4) is 0 Å². The van der Waals surface area contributed by atoms with E-state index in [9.17, 15) is 0 Å². The Morgan fingerprint density at radius 1 is 1.30 bits per heavy atom. The molecule has 0 amide bonds. The van der Waals surface area contributed by atoms with Gasteiger partial charge in [0.2, 0.25) is 0 Å². The number of nitrogens with one attached hydrogen (secondary N) is 1. The maximum absolute atomic E-state index is 5.82. The summed E-state index contributed by atoms with van der Waals surface area (Å²) in [7, 11) is 0. The second-order valence-corrected chi connectivity index (χ2v) is 5.22. The van der Waals surface area contributed by atoms with Crippen molar-refractivity contribution in [3.8, 4) is 11.5 Å². The van der Waals surface area contributed by atoms with Gasteiger partial charge in [0.25, 0.3) is 5.89 Å². The van der Waals surface area contributed by atoms with E-state index in [1.807, 2.05) is 31.2 Å². The molecule has 0 bridgehead atoms. The fourth-order valence-corrected chi connectivity index (χ4v) is 2.49. The molecule has 1 aliphatic heterocycles. The van der Waals surface area contributed by atoms with E-state index in [2.05, 4.69) is 22.4 Å². The van der Waals surface area contributed by atoms with E-state index in [1.165, 1.54) is 0 Å². The average molecular weight is 273 g/mol. The first-order valence-corrected chi connectivity index (χ1v) is 7.01. The van der Waals surface area contributed by atoms with Crippen molar-refractivity contribution in [2.24, 2.45) is 0 Å². The van der Waals surface area contributed by atoms with E-state index in [-0.39, 0.29) is 6.10 Å². The minimum atomic E-state index is 0.280. The Hall–Kier alpha value is -1.88. The molecule has 0 radical (unpaired) electrons. The molecule has 3 rings (SSSR count). The molecular weight excluding hydrogens is 254 g/mol. The lowest BCUT2D eigenvalue weighted by atomic mass is 10.1. The Balaban J connectivity index is 1.73. The zero-order chi connectivity index (χ0) is 13.9. The van der Waals surface area contributed by atoms with Gasteiger partial charge in [0, 0.05) is 12.2 Å². The number of rotatable bonds is 4. The van der Waals surface area contributed by atoms with Crippen molar-refractivity contribution in [2.45, 2.75) is 38.9 Å². The highest BCUT2D eigenvalue weighted by molar-refractivity contribution is 5.72. The highest BCUT2D eigenvalue weighted by atomic mass is 16.5. The first kappa shape index (κ1) is 13.1. The van der Waals surface area contributed by atoms with Crippen molar-refractivity contribution < 1.29 is 9.26 Å². The third kappa shape index (κ3) is 2.82. The Bertz CT molecular complexity index is 582. The van der Waals surface area contributed by atoms with Gasteiger partial charge < -0.3 is 14.6 Å². The summed E-state index contributed by atoms with van der Waals surface area (Å²) in [6, 6.07) is 7.96. The number of para-hydroxylation sites is 1. The highest BCUT2D eigenvalue weighted by Gasteiger charge is 2.21. The van der Waals surface area contributed by atoms with E-state index < -0.39 is 0 Å². The summed E-state index contributed by atoms with van der Waals surface area (Å²) in [5.74, 6) is 1.19. The molecule has 2 atom stereocenters. The molecule has 1 fully saturated rings. The summed E-state index contributed by atoms with van der Waals surface area (Å²) in [5.41, 5.74) is 1.93. The quantitative estimate of drug-likeness (QED) is 0.927. The number of anilines is 1. The van der Waals surface area contributed by atoms with E-state index in [0.29, 0.717) is 17.8 Å². The molecule has 1 N–H and O–H groups in total. The zero-order valence-electron chi connectivity index (χ0n) is 11.8. The van der Waals surface area contributed by atoms with Gasteiger partial charge in [-0.3, -0.25) is 0 Å². The minimum Gasteiger partial charge on any atom is -0.382 e. The number of aromatic nitrogens is 2. The molecule has 2 heterocycles. The topological polar surface area (TPSA) is 60.2 Å². The van der Waals surface area contributed by atoms with Crippen LogP contribution in [0.15, 0.2) is 28.8 Å². The lowest BCUT2D eigenvalue weighted by Crippen LogP contribution is -2.20. The maximum atomic E-state index is 5.82. The smallest absolute Gasteiger partial charge is 0.260 e. The van der Waals surface area contributed by atoms with E-state index >= 15 is 0 Å². The second-order valence-electron chi connectivity index (χ2n) is 5.22. The summed E-state index contributed by atoms with van der Waals surface area (Å²) >= 11 is 0. The van der Waals surface area contributed by atoms with Crippen molar-refractivity contribution >= 4 is 5.69 Å². The molecule has 0 aliphatic carbocycles. The van der Waals surface area contributed by atoms with Crippen LogP contribution in [-0.4, -0.2) is 28.9 Å². The van der Waals surface area contributed by atoms with Crippen LogP contribution in [-0.2, 0) is 4.74 Å². The van der Waals surface area contributed by atoms with Crippen LogP contribution in [0.25, 0.3) is 11.5 Å². The van der Waals surface area contributed by atoms with Crippen LogP contribution in [0.5, 0.6) is 0 Å². The highest BCUT2D eigenvalue weighted by Crippen LogP contribution is 2.27. The molecule has 1 aromatic carbocycles. The Morgan fingerprint density at radius 2 is 2.15 bits per heavy atom. The first-order valence-electron chi connectivity index (χ1n) is 7.01. The van der Waals surface area contributed by atoms with Crippen LogP contribution in [0.4, 0.5) is 5.69 Å². The molecule has 106 valence electrons. The third-order valence-corrected chi connectivity index (χ3v) is 3.53. The SMILES string of the molecule is Cc1noc(-c2ccccc2NCC2CCC(C)O2)n1. The summed E-state index contributed by atoms with van der Waals surface area (Å²) in [4.78, 5) is 4.28. The van der Waals surface area contributed by atoms with Crippen LogP contribution in [0.2, 0.25) is 0 Å². The van der Waals surface area contributed by atoms with Gasteiger partial charge in [-0.15, -0.1) is 0 Å². The number of hydrogen-bond donors (Lipinski definition) is 1. The summed E-state index contributed by atoms with van der Waals surface area (Å²) < 4.78 is 11.1. The number of nitrogens with zero attached hydrogens (tertiary/aromatic N) is 2. The Kier molecular flexibility index (Phi) is 3.69. The van der Waals surface area contributed by atoms with Gasteiger partial charge in [-0.1, -0.05) is 17.3 Å². The van der Waals surface area contributed by atoms with Crippen molar-refractivity contribution in [2.75, 3.05) is 11.9 Å². The van der Waals surface area contributed by atoms with Crippen molar-refractivity contribution in [3.63, 3.8) is 0 Å². The standard InChI is InChI=1S/C15H19N3O2/c1-10-7-8-12(19-10)9-16-14-6-4-3-5-13(14)15-17-11(2)18-20-15/h3-6,10,12,16H,7-9H2,1-2H3. The molecule has 1 aromatic heterocycles. The summed E-state index contributed by atoms with van der Waals surface area (Å²) in [5, 5.41) is 7.27. The molecule has 0 spiro atoms. The minimum absolute atomic E-state index is 0.280. The number of hydrogen-bond acceptors (Lipinski definition) is 5. The van der Waals surface area contributed by atoms with Crippen LogP contribution in [0, 0.1) is 6.92 Å². The summed E-state index contributed by atoms with van der Waals surface area (Å²) in [6.07, 6.45) is 2.89. The van der Waals surface area contributed by atoms with E-state index in [0.717, 1.165) is 30.6 Å². The molecule has 5 nitrogen and oxygen atoms in total. The van der Waals surface area contributed by atoms with Crippen LogP contribution < -0.4 is 5.32 Å². The number of ether oxygens (including phenoxy) is 1. The van der Waals surface area contributed by atoms with Gasteiger partial charge in [0.15, 0.2) is 5.82 Å².